The van der Waals surface area contributed by atoms with Crippen molar-refractivity contribution in [3.05, 3.63) is 36.4 Å². The summed E-state index contributed by atoms with van der Waals surface area (Å²) in [6, 6.07) is 1.73. The molecule has 2 atom stereocenters. The van der Waals surface area contributed by atoms with Gasteiger partial charge in [0.15, 0.2) is 0 Å². The Kier molecular flexibility index (Phi) is 4.34. The summed E-state index contributed by atoms with van der Waals surface area (Å²) in [7, 11) is 1.83. The van der Waals surface area contributed by atoms with E-state index >= 15 is 0 Å². The van der Waals surface area contributed by atoms with Crippen LogP contribution >= 0.6 is 0 Å². The number of aryl methyl sites for hydroxylation is 1. The Labute approximate surface area is 193 Å². The number of hydrogen-bond donors (Lipinski definition) is 2. The van der Waals surface area contributed by atoms with Crippen molar-refractivity contribution in [1.29, 1.82) is 0 Å². The maximum Gasteiger partial charge on any atom is 0.260 e. The van der Waals surface area contributed by atoms with Crippen molar-refractivity contribution in [3.8, 4) is 11.1 Å². The number of hydrogen-bond acceptors (Lipinski definition) is 5. The van der Waals surface area contributed by atoms with E-state index < -0.39 is 23.7 Å². The molecular weight excluding hydrogens is 444 g/mol. The first kappa shape index (κ1) is 21.1. The number of anilines is 1. The highest BCUT2D eigenvalue weighted by Gasteiger charge is 2.64. The van der Waals surface area contributed by atoms with Crippen molar-refractivity contribution in [2.24, 2.45) is 24.1 Å². The van der Waals surface area contributed by atoms with Crippen LogP contribution in [0.25, 0.3) is 16.6 Å². The molecule has 4 heterocycles. The zero-order chi connectivity index (χ0) is 23.8. The molecular formula is C23H25F2N7O2. The van der Waals surface area contributed by atoms with E-state index in [1.165, 1.54) is 6.20 Å². The van der Waals surface area contributed by atoms with Crippen LogP contribution < -0.4 is 11.1 Å². The van der Waals surface area contributed by atoms with Gasteiger partial charge in [0.1, 0.15) is 5.92 Å². The monoisotopic (exact) mass is 469 g/mol. The Morgan fingerprint density at radius 2 is 1.94 bits per heavy atom. The lowest BCUT2D eigenvalue weighted by molar-refractivity contribution is -0.134. The van der Waals surface area contributed by atoms with Crippen molar-refractivity contribution in [3.63, 3.8) is 0 Å². The highest BCUT2D eigenvalue weighted by molar-refractivity contribution is 6.02. The van der Waals surface area contributed by atoms with Gasteiger partial charge in [0.05, 0.1) is 35.2 Å². The van der Waals surface area contributed by atoms with Crippen LogP contribution in [0.5, 0.6) is 0 Å². The number of fused-ring (bicyclic) bond motifs is 1. The van der Waals surface area contributed by atoms with E-state index in [4.69, 9.17) is 5.73 Å². The first-order valence-electron chi connectivity index (χ1n) is 11.4. The van der Waals surface area contributed by atoms with Crippen molar-refractivity contribution in [1.82, 2.24) is 24.3 Å². The number of alkyl halides is 2. The first-order valence-corrected chi connectivity index (χ1v) is 11.4. The Hall–Kier alpha value is -3.50. The first-order chi connectivity index (χ1) is 16.2. The maximum absolute atomic E-state index is 13.6. The molecule has 2 amide bonds. The molecule has 2 aliphatic carbocycles. The molecule has 11 heteroatoms. The van der Waals surface area contributed by atoms with E-state index in [-0.39, 0.29) is 23.4 Å². The molecule has 3 aromatic rings. The Balaban J connectivity index is 1.36. The molecule has 2 saturated carbocycles. The van der Waals surface area contributed by atoms with Gasteiger partial charge in [0, 0.05) is 55.5 Å². The summed E-state index contributed by atoms with van der Waals surface area (Å²) in [6.45, 7) is 0.763. The van der Waals surface area contributed by atoms with E-state index in [0.29, 0.717) is 24.3 Å². The minimum absolute atomic E-state index is 0.182. The van der Waals surface area contributed by atoms with Gasteiger partial charge in [0.2, 0.25) is 5.91 Å². The minimum atomic E-state index is -2.89. The van der Waals surface area contributed by atoms with Crippen LogP contribution in [0, 0.1) is 11.3 Å². The Morgan fingerprint density at radius 1 is 1.18 bits per heavy atom. The molecule has 178 valence electrons. The summed E-state index contributed by atoms with van der Waals surface area (Å²) in [6.07, 6.45) is 9.34. The molecule has 1 spiro atoms. The third-order valence-electron chi connectivity index (χ3n) is 7.69. The molecule has 1 saturated heterocycles. The fourth-order valence-electron chi connectivity index (χ4n) is 5.47. The number of carbonyl (C=O) groups is 2. The number of halogens is 2. The number of carbonyl (C=O) groups excluding carboxylic acids is 2. The lowest BCUT2D eigenvalue weighted by atomic mass is 9.65. The van der Waals surface area contributed by atoms with Crippen LogP contribution in [-0.4, -0.2) is 61.2 Å². The largest absolute Gasteiger partial charge is 0.377 e. The maximum atomic E-state index is 13.6. The summed E-state index contributed by atoms with van der Waals surface area (Å²) in [5.74, 6) is -5.18. The van der Waals surface area contributed by atoms with Gasteiger partial charge in [-0.1, -0.05) is 6.42 Å². The summed E-state index contributed by atoms with van der Waals surface area (Å²) in [5, 5.41) is 12.1. The molecule has 9 nitrogen and oxygen atoms in total. The molecule has 0 radical (unpaired) electrons. The number of nitrogens with zero attached hydrogens (tertiary/aromatic N) is 5. The standard InChI is InChI=1S/C23H25F2N7O2/c1-30-9-14(7-27-30)13-5-17-19(15(20(26)33)8-28-32(17)10-13)29-18-11-31(12-22(18)3-2-4-22)21(34)16-6-23(16,24)25/h5,7-10,16,18,29H,2-4,6,11-12H2,1H3,(H2,26,33)/t16?,18-/m1/s1. The lowest BCUT2D eigenvalue weighted by Gasteiger charge is -2.43. The van der Waals surface area contributed by atoms with Crippen LogP contribution in [0.1, 0.15) is 36.0 Å². The normalized spacial score (nSPS) is 24.4. The summed E-state index contributed by atoms with van der Waals surface area (Å²) in [5.41, 5.74) is 8.71. The van der Waals surface area contributed by atoms with Gasteiger partial charge in [-0.05, 0) is 18.9 Å². The topological polar surface area (TPSA) is 111 Å². The zero-order valence-electron chi connectivity index (χ0n) is 18.7. The lowest BCUT2D eigenvalue weighted by Crippen LogP contribution is -2.45. The van der Waals surface area contributed by atoms with Crippen LogP contribution in [0.4, 0.5) is 14.5 Å². The zero-order valence-corrected chi connectivity index (χ0v) is 18.7. The molecule has 3 aliphatic rings. The van der Waals surface area contributed by atoms with Crippen molar-refractivity contribution in [2.75, 3.05) is 18.4 Å². The molecule has 0 bridgehead atoms. The number of rotatable bonds is 5. The molecule has 3 aromatic heterocycles. The third kappa shape index (κ3) is 3.17. The average molecular weight is 469 g/mol. The van der Waals surface area contributed by atoms with Gasteiger partial charge in [-0.25, -0.2) is 13.3 Å². The van der Waals surface area contributed by atoms with E-state index in [1.54, 1.807) is 20.3 Å². The van der Waals surface area contributed by atoms with Gasteiger partial charge in [-0.2, -0.15) is 10.2 Å². The van der Waals surface area contributed by atoms with Crippen molar-refractivity contribution >= 4 is 23.0 Å². The Bertz CT molecular complexity index is 1330. The van der Waals surface area contributed by atoms with Crippen LogP contribution in [0.15, 0.2) is 30.9 Å². The average Bonchev–Trinajstić information content (AvgIpc) is 3.19. The second kappa shape index (κ2) is 7.00. The molecule has 1 aliphatic heterocycles. The second-order valence-corrected chi connectivity index (χ2v) is 9.91. The summed E-state index contributed by atoms with van der Waals surface area (Å²) >= 11 is 0. The second-order valence-electron chi connectivity index (χ2n) is 9.91. The number of aromatic nitrogens is 4. The van der Waals surface area contributed by atoms with Crippen LogP contribution in [-0.2, 0) is 11.8 Å². The van der Waals surface area contributed by atoms with Gasteiger partial charge in [-0.15, -0.1) is 0 Å². The van der Waals surface area contributed by atoms with Crippen molar-refractivity contribution < 1.29 is 18.4 Å². The molecule has 1 unspecified atom stereocenters. The highest BCUT2D eigenvalue weighted by Crippen LogP contribution is 2.53. The van der Waals surface area contributed by atoms with E-state index in [2.05, 4.69) is 15.5 Å². The number of primary amides is 1. The number of amides is 2. The van der Waals surface area contributed by atoms with Gasteiger partial charge >= 0.3 is 0 Å². The molecule has 3 fully saturated rings. The van der Waals surface area contributed by atoms with E-state index in [9.17, 15) is 18.4 Å². The van der Waals surface area contributed by atoms with Gasteiger partial charge < -0.3 is 16.0 Å². The highest BCUT2D eigenvalue weighted by atomic mass is 19.3. The molecule has 34 heavy (non-hydrogen) atoms. The van der Waals surface area contributed by atoms with Crippen LogP contribution in [0.3, 0.4) is 0 Å². The smallest absolute Gasteiger partial charge is 0.260 e. The molecule has 6 rings (SSSR count). The fourth-order valence-corrected chi connectivity index (χ4v) is 5.47. The number of likely N-dealkylation sites (tertiary alicyclic amines) is 1. The molecule has 0 aromatic carbocycles. The van der Waals surface area contributed by atoms with Crippen LogP contribution in [0.2, 0.25) is 0 Å². The minimum Gasteiger partial charge on any atom is -0.377 e. The van der Waals surface area contributed by atoms with E-state index in [1.807, 2.05) is 25.5 Å². The predicted octanol–water partition coefficient (Wildman–Crippen LogP) is 2.28. The van der Waals surface area contributed by atoms with Gasteiger partial charge in [-0.3, -0.25) is 14.3 Å². The number of nitrogens with two attached hydrogens (primary N) is 1. The SMILES string of the molecule is Cn1cc(-c2cc3c(N[C@@H]4CN(C(=O)C5CC5(F)F)CC45CCC5)c(C(N)=O)cnn3c2)cn1. The fraction of sp³-hybridized carbons (Fsp3) is 0.478. The van der Waals surface area contributed by atoms with E-state index in [0.717, 1.165) is 30.4 Å². The van der Waals surface area contributed by atoms with Gasteiger partial charge in [0.25, 0.3) is 11.8 Å². The number of nitrogens with one attached hydrogen (secondary N) is 1. The third-order valence-corrected chi connectivity index (χ3v) is 7.69. The Morgan fingerprint density at radius 3 is 2.53 bits per heavy atom. The summed E-state index contributed by atoms with van der Waals surface area (Å²) in [4.78, 5) is 26.6. The predicted molar refractivity (Wildman–Crippen MR) is 119 cm³/mol. The quantitative estimate of drug-likeness (QED) is 0.596. The molecule has 3 N–H and O–H groups in total. The summed E-state index contributed by atoms with van der Waals surface area (Å²) < 4.78 is 30.5. The van der Waals surface area contributed by atoms with Crippen molar-refractivity contribution in [2.45, 2.75) is 37.6 Å².